The molecule has 0 amide bonds. The van der Waals surface area contributed by atoms with Gasteiger partial charge in [-0.15, -0.1) is 0 Å². The average molecular weight is 298 g/mol. The van der Waals surface area contributed by atoms with E-state index in [1.54, 1.807) is 24.3 Å². The zero-order valence-electron chi connectivity index (χ0n) is 12.9. The fourth-order valence-corrected chi connectivity index (χ4v) is 2.56. The number of piperazine rings is 1. The first-order chi connectivity index (χ1) is 9.87. The second kappa shape index (κ2) is 6.71. The van der Waals surface area contributed by atoms with E-state index in [1.807, 2.05) is 25.7 Å². The fourth-order valence-electron chi connectivity index (χ4n) is 2.56. The van der Waals surface area contributed by atoms with Crippen molar-refractivity contribution in [1.82, 2.24) is 10.2 Å². The molecular weight excluding hydrogens is 274 g/mol. The molecule has 0 unspecified atom stereocenters. The lowest BCUT2D eigenvalue weighted by Crippen LogP contribution is -2.46. The van der Waals surface area contributed by atoms with E-state index in [2.05, 4.69) is 5.32 Å². The van der Waals surface area contributed by atoms with E-state index in [-0.39, 0.29) is 5.60 Å². The van der Waals surface area contributed by atoms with Crippen LogP contribution in [0.4, 0.5) is 8.78 Å². The van der Waals surface area contributed by atoms with Crippen LogP contribution in [0.1, 0.15) is 32.4 Å². The molecule has 1 aliphatic heterocycles. The van der Waals surface area contributed by atoms with Gasteiger partial charge in [-0.25, -0.2) is 8.78 Å². The van der Waals surface area contributed by atoms with Crippen molar-refractivity contribution < 1.29 is 13.5 Å². The summed E-state index contributed by atoms with van der Waals surface area (Å²) in [6, 6.07) is 6.21. The standard InChI is InChI=1S/C16H24F2N2O/c1-16(2,3)21-13-6-4-12(5-7-13)14(15(17)18)20-10-8-19-9-11-20/h4-7,14-15,19H,8-11H2,1-3H3/t14-/m1/s1. The highest BCUT2D eigenvalue weighted by Crippen LogP contribution is 2.29. The molecule has 1 N–H and O–H groups in total. The molecule has 0 aromatic heterocycles. The highest BCUT2D eigenvalue weighted by Gasteiger charge is 2.30. The van der Waals surface area contributed by atoms with Crippen molar-refractivity contribution in [3.8, 4) is 5.75 Å². The van der Waals surface area contributed by atoms with E-state index in [0.29, 0.717) is 24.4 Å². The molecule has 21 heavy (non-hydrogen) atoms. The summed E-state index contributed by atoms with van der Waals surface area (Å²) in [7, 11) is 0. The summed E-state index contributed by atoms with van der Waals surface area (Å²) >= 11 is 0. The van der Waals surface area contributed by atoms with Crippen LogP contribution in [0.5, 0.6) is 5.75 Å². The van der Waals surface area contributed by atoms with Gasteiger partial charge < -0.3 is 10.1 Å². The summed E-state index contributed by atoms with van der Waals surface area (Å²) in [4.78, 5) is 1.85. The van der Waals surface area contributed by atoms with Crippen molar-refractivity contribution in [3.63, 3.8) is 0 Å². The van der Waals surface area contributed by atoms with Gasteiger partial charge in [0.1, 0.15) is 11.4 Å². The Hall–Kier alpha value is -1.20. The molecule has 118 valence electrons. The predicted octanol–water partition coefficient (Wildman–Crippen LogP) is 3.08. The smallest absolute Gasteiger partial charge is 0.258 e. The molecule has 1 aromatic rings. The minimum Gasteiger partial charge on any atom is -0.488 e. The zero-order valence-corrected chi connectivity index (χ0v) is 12.9. The maximum atomic E-state index is 13.4. The molecule has 1 aliphatic rings. The third-order valence-corrected chi connectivity index (χ3v) is 3.43. The minimum atomic E-state index is -2.39. The topological polar surface area (TPSA) is 24.5 Å². The van der Waals surface area contributed by atoms with Gasteiger partial charge >= 0.3 is 0 Å². The zero-order chi connectivity index (χ0) is 15.5. The van der Waals surface area contributed by atoms with Crippen LogP contribution < -0.4 is 10.1 Å². The molecule has 3 nitrogen and oxygen atoms in total. The minimum absolute atomic E-state index is 0.290. The van der Waals surface area contributed by atoms with Crippen LogP contribution in [0.15, 0.2) is 24.3 Å². The molecule has 0 radical (unpaired) electrons. The monoisotopic (exact) mass is 298 g/mol. The summed E-state index contributed by atoms with van der Waals surface area (Å²) in [6.07, 6.45) is -2.39. The molecule has 0 spiro atoms. The second-order valence-electron chi connectivity index (χ2n) is 6.35. The lowest BCUT2D eigenvalue weighted by atomic mass is 10.0. The molecule has 1 atom stereocenters. The summed E-state index contributed by atoms with van der Waals surface area (Å²) in [5.41, 5.74) is 0.357. The Morgan fingerprint density at radius 2 is 1.67 bits per heavy atom. The summed E-state index contributed by atoms with van der Waals surface area (Å²) in [5, 5.41) is 3.19. The molecule has 1 fully saturated rings. The molecule has 1 heterocycles. The number of hydrogen-bond donors (Lipinski definition) is 1. The number of halogens is 2. The van der Waals surface area contributed by atoms with Crippen LogP contribution in [-0.4, -0.2) is 43.1 Å². The van der Waals surface area contributed by atoms with Crippen LogP contribution in [-0.2, 0) is 0 Å². The summed E-state index contributed by atoms with van der Waals surface area (Å²) in [6.45, 7) is 8.70. The van der Waals surface area contributed by atoms with E-state index < -0.39 is 12.5 Å². The van der Waals surface area contributed by atoms with Gasteiger partial charge in [-0.2, -0.15) is 0 Å². The third kappa shape index (κ3) is 4.64. The maximum absolute atomic E-state index is 13.4. The maximum Gasteiger partial charge on any atom is 0.258 e. The Labute approximate surface area is 125 Å². The van der Waals surface area contributed by atoms with Gasteiger partial charge in [0.05, 0.1) is 6.04 Å². The lowest BCUT2D eigenvalue weighted by Gasteiger charge is -2.34. The van der Waals surface area contributed by atoms with Gasteiger partial charge in [0, 0.05) is 26.2 Å². The third-order valence-electron chi connectivity index (χ3n) is 3.43. The SMILES string of the molecule is CC(C)(C)Oc1ccc([C@H](C(F)F)N2CCNCC2)cc1. The fraction of sp³-hybridized carbons (Fsp3) is 0.625. The van der Waals surface area contributed by atoms with Crippen molar-refractivity contribution in [1.29, 1.82) is 0 Å². The normalized spacial score (nSPS) is 18.8. The quantitative estimate of drug-likeness (QED) is 0.924. The largest absolute Gasteiger partial charge is 0.488 e. The molecule has 0 saturated carbocycles. The van der Waals surface area contributed by atoms with Gasteiger partial charge in [-0.05, 0) is 38.5 Å². The Balaban J connectivity index is 2.13. The van der Waals surface area contributed by atoms with Crippen LogP contribution in [0.2, 0.25) is 0 Å². The van der Waals surface area contributed by atoms with Crippen LogP contribution in [0.3, 0.4) is 0 Å². The molecule has 0 aliphatic carbocycles. The summed E-state index contributed by atoms with van der Waals surface area (Å²) in [5.74, 6) is 0.708. The van der Waals surface area contributed by atoms with Crippen molar-refractivity contribution in [3.05, 3.63) is 29.8 Å². The van der Waals surface area contributed by atoms with Crippen LogP contribution >= 0.6 is 0 Å². The van der Waals surface area contributed by atoms with Crippen molar-refractivity contribution in [2.75, 3.05) is 26.2 Å². The lowest BCUT2D eigenvalue weighted by molar-refractivity contribution is 0.0181. The van der Waals surface area contributed by atoms with Crippen molar-refractivity contribution in [2.45, 2.75) is 38.8 Å². The molecule has 2 rings (SSSR count). The van der Waals surface area contributed by atoms with Crippen LogP contribution in [0, 0.1) is 0 Å². The molecule has 1 aromatic carbocycles. The van der Waals surface area contributed by atoms with Gasteiger partial charge in [0.15, 0.2) is 0 Å². The Morgan fingerprint density at radius 3 is 2.14 bits per heavy atom. The molecule has 1 saturated heterocycles. The Morgan fingerprint density at radius 1 is 1.10 bits per heavy atom. The van der Waals surface area contributed by atoms with Crippen LogP contribution in [0.25, 0.3) is 0 Å². The van der Waals surface area contributed by atoms with Gasteiger partial charge in [-0.1, -0.05) is 12.1 Å². The molecule has 5 heteroatoms. The van der Waals surface area contributed by atoms with Gasteiger partial charge in [0.2, 0.25) is 0 Å². The Kier molecular flexibility index (Phi) is 5.17. The molecule has 0 bridgehead atoms. The van der Waals surface area contributed by atoms with E-state index in [0.717, 1.165) is 13.1 Å². The summed E-state index contributed by atoms with van der Waals surface area (Å²) < 4.78 is 32.6. The highest BCUT2D eigenvalue weighted by atomic mass is 19.3. The van der Waals surface area contributed by atoms with E-state index in [9.17, 15) is 8.78 Å². The Bertz CT molecular complexity index is 437. The average Bonchev–Trinajstić information content (AvgIpc) is 2.40. The highest BCUT2D eigenvalue weighted by molar-refractivity contribution is 5.30. The first kappa shape index (κ1) is 16.2. The van der Waals surface area contributed by atoms with E-state index >= 15 is 0 Å². The number of benzene rings is 1. The predicted molar refractivity (Wildman–Crippen MR) is 80.0 cm³/mol. The van der Waals surface area contributed by atoms with E-state index in [1.165, 1.54) is 0 Å². The van der Waals surface area contributed by atoms with Gasteiger partial charge in [0.25, 0.3) is 6.43 Å². The second-order valence-corrected chi connectivity index (χ2v) is 6.35. The first-order valence-corrected chi connectivity index (χ1v) is 7.39. The first-order valence-electron chi connectivity index (χ1n) is 7.39. The number of nitrogens with zero attached hydrogens (tertiary/aromatic N) is 1. The number of rotatable bonds is 4. The molecular formula is C16H24F2N2O. The number of hydrogen-bond acceptors (Lipinski definition) is 3. The van der Waals surface area contributed by atoms with Crippen molar-refractivity contribution in [2.24, 2.45) is 0 Å². The van der Waals surface area contributed by atoms with Crippen molar-refractivity contribution >= 4 is 0 Å². The number of alkyl halides is 2. The van der Waals surface area contributed by atoms with E-state index in [4.69, 9.17) is 4.74 Å². The number of nitrogens with one attached hydrogen (secondary N) is 1. The van der Waals surface area contributed by atoms with Gasteiger partial charge in [-0.3, -0.25) is 4.90 Å². The number of ether oxygens (including phenoxy) is 1.